The molecule has 1 amide bonds. The van der Waals surface area contributed by atoms with Crippen molar-refractivity contribution in [3.05, 3.63) is 35.0 Å². The SMILES string of the molecule is O=C(c1cc2ccc(F)cc2s1)N1CC[C@H]2CNC[C@H]21. The Labute approximate surface area is 120 Å². The number of hydrogen-bond acceptors (Lipinski definition) is 3. The molecule has 2 aromatic rings. The molecule has 1 aromatic carbocycles. The summed E-state index contributed by atoms with van der Waals surface area (Å²) in [6.07, 6.45) is 1.09. The highest BCUT2D eigenvalue weighted by Crippen LogP contribution is 2.32. The first-order chi connectivity index (χ1) is 9.72. The first-order valence-corrected chi connectivity index (χ1v) is 7.75. The lowest BCUT2D eigenvalue weighted by molar-refractivity contribution is 0.0742. The molecule has 104 valence electrons. The van der Waals surface area contributed by atoms with Crippen LogP contribution in [0, 0.1) is 11.7 Å². The van der Waals surface area contributed by atoms with Crippen molar-refractivity contribution in [3.8, 4) is 0 Å². The molecule has 1 N–H and O–H groups in total. The fourth-order valence-corrected chi connectivity index (χ4v) is 4.40. The lowest BCUT2D eigenvalue weighted by Crippen LogP contribution is -2.38. The first kappa shape index (κ1) is 12.3. The maximum Gasteiger partial charge on any atom is 0.264 e. The van der Waals surface area contributed by atoms with Crippen molar-refractivity contribution in [2.45, 2.75) is 12.5 Å². The van der Waals surface area contributed by atoms with Gasteiger partial charge < -0.3 is 10.2 Å². The molecule has 0 aliphatic carbocycles. The summed E-state index contributed by atoms with van der Waals surface area (Å²) >= 11 is 1.39. The van der Waals surface area contributed by atoms with Crippen molar-refractivity contribution in [2.24, 2.45) is 5.92 Å². The molecule has 20 heavy (non-hydrogen) atoms. The van der Waals surface area contributed by atoms with Crippen LogP contribution in [-0.4, -0.2) is 36.5 Å². The quantitative estimate of drug-likeness (QED) is 0.875. The van der Waals surface area contributed by atoms with E-state index in [0.29, 0.717) is 12.0 Å². The van der Waals surface area contributed by atoms with Crippen LogP contribution in [-0.2, 0) is 0 Å². The molecule has 5 heteroatoms. The number of hydrogen-bond donors (Lipinski definition) is 1. The van der Waals surface area contributed by atoms with Gasteiger partial charge in [0.25, 0.3) is 5.91 Å². The first-order valence-electron chi connectivity index (χ1n) is 6.93. The number of amides is 1. The van der Waals surface area contributed by atoms with Crippen LogP contribution in [0.25, 0.3) is 10.1 Å². The minimum atomic E-state index is -0.250. The Morgan fingerprint density at radius 3 is 3.15 bits per heavy atom. The van der Waals surface area contributed by atoms with Gasteiger partial charge in [-0.15, -0.1) is 11.3 Å². The van der Waals surface area contributed by atoms with Gasteiger partial charge in [-0.2, -0.15) is 0 Å². The summed E-state index contributed by atoms with van der Waals surface area (Å²) in [5.74, 6) is 0.452. The molecule has 3 nitrogen and oxygen atoms in total. The summed E-state index contributed by atoms with van der Waals surface area (Å²) < 4.78 is 14.1. The fraction of sp³-hybridized carbons (Fsp3) is 0.400. The van der Waals surface area contributed by atoms with Crippen LogP contribution < -0.4 is 5.32 Å². The largest absolute Gasteiger partial charge is 0.333 e. The van der Waals surface area contributed by atoms with E-state index in [9.17, 15) is 9.18 Å². The molecule has 0 saturated carbocycles. The molecule has 4 rings (SSSR count). The third kappa shape index (κ3) is 1.84. The summed E-state index contributed by atoms with van der Waals surface area (Å²) in [7, 11) is 0. The van der Waals surface area contributed by atoms with Gasteiger partial charge in [0.05, 0.1) is 4.88 Å². The van der Waals surface area contributed by atoms with Gasteiger partial charge in [0, 0.05) is 30.4 Å². The zero-order valence-corrected chi connectivity index (χ0v) is 11.8. The number of carbonyl (C=O) groups is 1. The number of thiophene rings is 1. The van der Waals surface area contributed by atoms with E-state index in [-0.39, 0.29) is 11.7 Å². The molecule has 1 aromatic heterocycles. The van der Waals surface area contributed by atoms with Gasteiger partial charge in [0.1, 0.15) is 5.82 Å². The molecular weight excluding hydrogens is 275 g/mol. The summed E-state index contributed by atoms with van der Waals surface area (Å²) in [6, 6.07) is 6.90. The maximum absolute atomic E-state index is 13.2. The average molecular weight is 290 g/mol. The van der Waals surface area contributed by atoms with Gasteiger partial charge in [0.2, 0.25) is 0 Å². The number of nitrogens with one attached hydrogen (secondary N) is 1. The van der Waals surface area contributed by atoms with Gasteiger partial charge in [-0.1, -0.05) is 6.07 Å². The van der Waals surface area contributed by atoms with Gasteiger partial charge in [-0.05, 0) is 35.9 Å². The minimum absolute atomic E-state index is 0.0998. The Morgan fingerprint density at radius 2 is 2.25 bits per heavy atom. The van der Waals surface area contributed by atoms with Crippen LogP contribution in [0.3, 0.4) is 0 Å². The predicted octanol–water partition coefficient (Wildman–Crippen LogP) is 2.47. The number of benzene rings is 1. The van der Waals surface area contributed by atoms with E-state index in [2.05, 4.69) is 5.32 Å². The van der Waals surface area contributed by atoms with Crippen molar-refractivity contribution in [3.63, 3.8) is 0 Å². The normalized spacial score (nSPS) is 25.4. The predicted molar refractivity (Wildman–Crippen MR) is 77.6 cm³/mol. The zero-order valence-electron chi connectivity index (χ0n) is 10.9. The van der Waals surface area contributed by atoms with Crippen LogP contribution in [0.15, 0.2) is 24.3 Å². The van der Waals surface area contributed by atoms with Gasteiger partial charge in [-0.25, -0.2) is 4.39 Å². The Morgan fingerprint density at radius 1 is 1.35 bits per heavy atom. The van der Waals surface area contributed by atoms with Gasteiger partial charge in [0.15, 0.2) is 0 Å². The summed E-state index contributed by atoms with van der Waals surface area (Å²) in [5, 5.41) is 4.30. The molecule has 2 aliphatic heterocycles. The topological polar surface area (TPSA) is 32.3 Å². The van der Waals surface area contributed by atoms with Crippen molar-refractivity contribution in [2.75, 3.05) is 19.6 Å². The molecule has 0 unspecified atom stereocenters. The molecule has 2 saturated heterocycles. The molecule has 0 bridgehead atoms. The van der Waals surface area contributed by atoms with Crippen LogP contribution in [0.5, 0.6) is 0 Å². The second-order valence-electron chi connectivity index (χ2n) is 5.57. The molecule has 0 radical (unpaired) electrons. The fourth-order valence-electron chi connectivity index (χ4n) is 3.35. The lowest BCUT2D eigenvalue weighted by Gasteiger charge is -2.22. The number of likely N-dealkylation sites (tertiary alicyclic amines) is 1. The third-order valence-corrected chi connectivity index (χ3v) is 5.48. The summed E-state index contributed by atoms with van der Waals surface area (Å²) in [5.41, 5.74) is 0. The van der Waals surface area contributed by atoms with Crippen molar-refractivity contribution < 1.29 is 9.18 Å². The molecule has 2 atom stereocenters. The molecule has 0 spiro atoms. The van der Waals surface area contributed by atoms with E-state index in [1.807, 2.05) is 11.0 Å². The Bertz CT molecular complexity index is 684. The van der Waals surface area contributed by atoms with Crippen LogP contribution >= 0.6 is 11.3 Å². The third-order valence-electron chi connectivity index (χ3n) is 4.40. The smallest absolute Gasteiger partial charge is 0.264 e. The van der Waals surface area contributed by atoms with Crippen LogP contribution in [0.4, 0.5) is 4.39 Å². The highest BCUT2D eigenvalue weighted by Gasteiger charge is 2.40. The molecule has 2 aliphatic rings. The van der Waals surface area contributed by atoms with E-state index in [0.717, 1.165) is 41.0 Å². The highest BCUT2D eigenvalue weighted by molar-refractivity contribution is 7.20. The average Bonchev–Trinajstić information content (AvgIpc) is 3.11. The minimum Gasteiger partial charge on any atom is -0.333 e. The second kappa shape index (κ2) is 4.53. The van der Waals surface area contributed by atoms with Crippen molar-refractivity contribution >= 4 is 27.3 Å². The highest BCUT2D eigenvalue weighted by atomic mass is 32.1. The van der Waals surface area contributed by atoms with Gasteiger partial charge in [-0.3, -0.25) is 4.79 Å². The Kier molecular flexibility index (Phi) is 2.79. The Hall–Kier alpha value is -1.46. The summed E-state index contributed by atoms with van der Waals surface area (Å²) in [4.78, 5) is 15.4. The van der Waals surface area contributed by atoms with E-state index < -0.39 is 0 Å². The second-order valence-corrected chi connectivity index (χ2v) is 6.65. The van der Waals surface area contributed by atoms with Crippen molar-refractivity contribution in [1.29, 1.82) is 0 Å². The number of nitrogens with zero attached hydrogens (tertiary/aromatic N) is 1. The lowest BCUT2D eigenvalue weighted by atomic mass is 10.1. The van der Waals surface area contributed by atoms with Crippen molar-refractivity contribution in [1.82, 2.24) is 10.2 Å². The monoisotopic (exact) mass is 290 g/mol. The zero-order chi connectivity index (χ0) is 13.7. The molecular formula is C15H15FN2OS. The number of rotatable bonds is 1. The van der Waals surface area contributed by atoms with E-state index in [1.165, 1.54) is 23.5 Å². The Balaban J connectivity index is 1.66. The number of halogens is 1. The van der Waals surface area contributed by atoms with E-state index >= 15 is 0 Å². The van der Waals surface area contributed by atoms with Gasteiger partial charge >= 0.3 is 0 Å². The number of carbonyl (C=O) groups excluding carboxylic acids is 1. The van der Waals surface area contributed by atoms with Crippen LogP contribution in [0.2, 0.25) is 0 Å². The van der Waals surface area contributed by atoms with E-state index in [4.69, 9.17) is 0 Å². The standard InChI is InChI=1S/C15H15FN2OS/c16-11-2-1-9-5-14(20-13(9)6-11)15(19)18-4-3-10-7-17-8-12(10)18/h1-2,5-6,10,12,17H,3-4,7-8H2/t10-,12+/m0/s1. The van der Waals surface area contributed by atoms with Crippen LogP contribution in [0.1, 0.15) is 16.1 Å². The number of fused-ring (bicyclic) bond motifs is 2. The molecule has 2 fully saturated rings. The summed E-state index contributed by atoms with van der Waals surface area (Å²) in [6.45, 7) is 2.76. The van der Waals surface area contributed by atoms with E-state index in [1.54, 1.807) is 6.07 Å². The maximum atomic E-state index is 13.2. The molecule has 3 heterocycles.